The Balaban J connectivity index is 1.45. The van der Waals surface area contributed by atoms with Crippen LogP contribution in [0.25, 0.3) is 94.0 Å². The van der Waals surface area contributed by atoms with Crippen molar-refractivity contribution in [2.45, 2.75) is 0 Å². The molecule has 6 aromatic carbocycles. The fourth-order valence-electron chi connectivity index (χ4n) is 8.91. The maximum atomic E-state index is 5.50. The first-order valence-corrected chi connectivity index (χ1v) is 19.3. The normalized spacial score (nSPS) is 11.8. The summed E-state index contributed by atoms with van der Waals surface area (Å²) in [6.07, 6.45) is 9.08. The average molecular weight is 742 g/mol. The van der Waals surface area contributed by atoms with Crippen molar-refractivity contribution >= 4 is 60.5 Å². The second-order valence-corrected chi connectivity index (χ2v) is 14.5. The minimum absolute atomic E-state index is 0.742. The molecule has 58 heavy (non-hydrogen) atoms. The summed E-state index contributed by atoms with van der Waals surface area (Å²) in [6.45, 7) is 0. The zero-order chi connectivity index (χ0) is 38.2. The van der Waals surface area contributed by atoms with Gasteiger partial charge in [-0.05, 0) is 45.5 Å². The molecule has 0 amide bonds. The summed E-state index contributed by atoms with van der Waals surface area (Å²) < 4.78 is 4.69. The summed E-state index contributed by atoms with van der Waals surface area (Å²) in [5.41, 5.74) is 15.4. The third-order valence-corrected chi connectivity index (χ3v) is 11.3. The summed E-state index contributed by atoms with van der Waals surface area (Å²) in [4.78, 5) is 25.5. The molecule has 0 atom stereocenters. The number of hydrogen-bond acceptors (Lipinski definition) is 5. The summed E-state index contributed by atoms with van der Waals surface area (Å²) in [6, 6.07) is 55.5. The maximum Gasteiger partial charge on any atom is 0.165 e. The smallest absolute Gasteiger partial charge is 0.165 e. The topological polar surface area (TPSA) is 73.3 Å². The summed E-state index contributed by atoms with van der Waals surface area (Å²) in [5.74, 6) is 0. The standard InChI is InChI=1S/C51H31N7/c1-5-13-32(14-6-1)37-21-23-39-40-24-22-38(33-15-7-2-8-16-33)44-46-50(55-31-41(56-46)34-25-27-52-28-26-34)58(48(40)44)51(57-47(39)43(37)45-49(57)54-30-29-53-45)42(35-17-9-3-10-18-35)36-19-11-4-12-20-36/h1-31H. The molecule has 0 aliphatic carbocycles. The van der Waals surface area contributed by atoms with Crippen molar-refractivity contribution in [3.8, 4) is 33.5 Å². The van der Waals surface area contributed by atoms with Gasteiger partial charge >= 0.3 is 0 Å². The Labute approximate surface area is 331 Å². The SMILES string of the molecule is c1ccc(C(c2ccccc2)=c2n3c4nccnc4c4c(-c5ccccc5)ccc(c5ccc(-c6ccccc6)c6c7nc(-c8ccncc8)cnc7n2c56)c43)cc1. The van der Waals surface area contributed by atoms with Gasteiger partial charge in [-0.15, -0.1) is 0 Å². The van der Waals surface area contributed by atoms with E-state index in [-0.39, 0.29) is 0 Å². The number of fused-ring (bicyclic) bond motifs is 7. The van der Waals surface area contributed by atoms with Crippen LogP contribution in [0.3, 0.4) is 0 Å². The fourth-order valence-corrected chi connectivity index (χ4v) is 8.91. The Morgan fingerprint density at radius 3 is 1.48 bits per heavy atom. The van der Waals surface area contributed by atoms with Crippen molar-refractivity contribution in [3.05, 3.63) is 205 Å². The molecule has 0 fully saturated rings. The first-order chi connectivity index (χ1) is 28.8. The molecule has 6 aromatic heterocycles. The predicted molar refractivity (Wildman–Crippen MR) is 233 cm³/mol. The molecule has 270 valence electrons. The lowest BCUT2D eigenvalue weighted by atomic mass is 9.96. The zero-order valence-electron chi connectivity index (χ0n) is 31.0. The van der Waals surface area contributed by atoms with E-state index in [0.29, 0.717) is 0 Å². The van der Waals surface area contributed by atoms with E-state index < -0.39 is 0 Å². The van der Waals surface area contributed by atoms with Crippen LogP contribution in [0, 0.1) is 0 Å². The minimum atomic E-state index is 0.742. The Kier molecular flexibility index (Phi) is 7.09. The van der Waals surface area contributed by atoms with Crippen molar-refractivity contribution in [2.24, 2.45) is 0 Å². The Morgan fingerprint density at radius 2 is 0.914 bits per heavy atom. The van der Waals surface area contributed by atoms with Crippen molar-refractivity contribution in [1.82, 2.24) is 33.7 Å². The van der Waals surface area contributed by atoms with Gasteiger partial charge in [-0.2, -0.15) is 0 Å². The van der Waals surface area contributed by atoms with E-state index in [1.807, 2.05) is 18.3 Å². The van der Waals surface area contributed by atoms with Gasteiger partial charge in [-0.3, -0.25) is 18.8 Å². The molecule has 0 aliphatic heterocycles. The van der Waals surface area contributed by atoms with Gasteiger partial charge in [0, 0.05) is 57.5 Å². The van der Waals surface area contributed by atoms with Crippen molar-refractivity contribution in [2.75, 3.05) is 0 Å². The molecule has 6 heterocycles. The van der Waals surface area contributed by atoms with Crippen molar-refractivity contribution in [3.63, 3.8) is 0 Å². The molecule has 7 heteroatoms. The average Bonchev–Trinajstić information content (AvgIpc) is 3.79. The van der Waals surface area contributed by atoms with Crippen LogP contribution >= 0.6 is 0 Å². The van der Waals surface area contributed by atoms with E-state index >= 15 is 0 Å². The van der Waals surface area contributed by atoms with Crippen LogP contribution in [-0.4, -0.2) is 33.7 Å². The lowest BCUT2D eigenvalue weighted by Crippen LogP contribution is -2.25. The molecule has 0 aliphatic rings. The molecule has 0 N–H and O–H groups in total. The summed E-state index contributed by atoms with van der Waals surface area (Å²) >= 11 is 0. The predicted octanol–water partition coefficient (Wildman–Crippen LogP) is 10.7. The summed E-state index contributed by atoms with van der Waals surface area (Å²) in [5, 5.41) is 4.23. The highest BCUT2D eigenvalue weighted by Gasteiger charge is 2.27. The fraction of sp³-hybridized carbons (Fsp3) is 0. The van der Waals surface area contributed by atoms with Gasteiger partial charge < -0.3 is 0 Å². The lowest BCUT2D eigenvalue weighted by Gasteiger charge is -2.11. The number of rotatable bonds is 5. The van der Waals surface area contributed by atoms with Gasteiger partial charge in [-0.25, -0.2) is 15.0 Å². The van der Waals surface area contributed by atoms with E-state index in [4.69, 9.17) is 19.9 Å². The third kappa shape index (κ3) is 4.71. The molecule has 7 nitrogen and oxygen atoms in total. The second kappa shape index (κ2) is 12.8. The summed E-state index contributed by atoms with van der Waals surface area (Å²) in [7, 11) is 0. The van der Waals surface area contributed by atoms with Gasteiger partial charge in [0.15, 0.2) is 11.3 Å². The van der Waals surface area contributed by atoms with Crippen molar-refractivity contribution < 1.29 is 0 Å². The molecule has 12 rings (SSSR count). The quantitative estimate of drug-likeness (QED) is 0.176. The Hall–Kier alpha value is -8.03. The number of aromatic nitrogens is 7. The minimum Gasteiger partial charge on any atom is -0.276 e. The van der Waals surface area contributed by atoms with Crippen LogP contribution in [0.15, 0.2) is 189 Å². The highest BCUT2D eigenvalue weighted by molar-refractivity contribution is 6.27. The van der Waals surface area contributed by atoms with Crippen LogP contribution in [-0.2, 0) is 0 Å². The first kappa shape index (κ1) is 32.2. The van der Waals surface area contributed by atoms with Gasteiger partial charge in [-0.1, -0.05) is 146 Å². The molecule has 0 spiro atoms. The molecule has 0 radical (unpaired) electrons. The molecular formula is C51H31N7. The van der Waals surface area contributed by atoms with Gasteiger partial charge in [0.1, 0.15) is 16.5 Å². The lowest BCUT2D eigenvalue weighted by molar-refractivity contribution is 0.998. The van der Waals surface area contributed by atoms with Crippen LogP contribution in [0.4, 0.5) is 0 Å². The van der Waals surface area contributed by atoms with Crippen molar-refractivity contribution in [1.29, 1.82) is 0 Å². The highest BCUT2D eigenvalue weighted by Crippen LogP contribution is 2.43. The molecule has 0 saturated carbocycles. The second-order valence-electron chi connectivity index (χ2n) is 14.5. The van der Waals surface area contributed by atoms with Crippen LogP contribution in [0.2, 0.25) is 0 Å². The largest absolute Gasteiger partial charge is 0.276 e. The number of nitrogens with zero attached hydrogens (tertiary/aromatic N) is 7. The Bertz CT molecular complexity index is 3540. The number of benzene rings is 6. The number of pyridine rings is 1. The van der Waals surface area contributed by atoms with E-state index in [1.165, 1.54) is 0 Å². The van der Waals surface area contributed by atoms with Crippen LogP contribution in [0.1, 0.15) is 11.1 Å². The highest BCUT2D eigenvalue weighted by atomic mass is 15.1. The monoisotopic (exact) mass is 741 g/mol. The third-order valence-electron chi connectivity index (χ3n) is 11.3. The molecule has 12 aromatic rings. The zero-order valence-corrected chi connectivity index (χ0v) is 31.0. The van der Waals surface area contributed by atoms with Gasteiger partial charge in [0.2, 0.25) is 0 Å². The molecule has 0 bridgehead atoms. The maximum absolute atomic E-state index is 5.50. The van der Waals surface area contributed by atoms with E-state index in [9.17, 15) is 0 Å². The Morgan fingerprint density at radius 1 is 0.414 bits per heavy atom. The molecular weight excluding hydrogens is 711 g/mol. The van der Waals surface area contributed by atoms with Crippen LogP contribution in [0.5, 0.6) is 0 Å². The van der Waals surface area contributed by atoms with E-state index in [2.05, 4.69) is 159 Å². The van der Waals surface area contributed by atoms with Gasteiger partial charge in [0.05, 0.1) is 22.9 Å². The number of hydrogen-bond donors (Lipinski definition) is 0. The van der Waals surface area contributed by atoms with E-state index in [1.54, 1.807) is 24.8 Å². The van der Waals surface area contributed by atoms with Crippen LogP contribution < -0.4 is 5.48 Å². The van der Waals surface area contributed by atoms with E-state index in [0.717, 1.165) is 111 Å². The van der Waals surface area contributed by atoms with Gasteiger partial charge in [0.25, 0.3) is 0 Å². The molecule has 0 saturated heterocycles. The molecule has 0 unspecified atom stereocenters. The first-order valence-electron chi connectivity index (χ1n) is 19.3.